The van der Waals surface area contributed by atoms with E-state index in [1.807, 2.05) is 38.1 Å². The van der Waals surface area contributed by atoms with Crippen molar-refractivity contribution in [1.29, 1.82) is 0 Å². The first kappa shape index (κ1) is 50.7. The Labute approximate surface area is 385 Å². The summed E-state index contributed by atoms with van der Waals surface area (Å²) in [5.41, 5.74) is 19.9. The molecule has 5 rings (SSSR count). The van der Waals surface area contributed by atoms with Gasteiger partial charge in [-0.3, -0.25) is 33.8 Å². The van der Waals surface area contributed by atoms with Crippen LogP contribution in [-0.2, 0) is 52.8 Å². The topological polar surface area (TPSA) is 387 Å². The zero-order chi connectivity index (χ0) is 48.6. The number of aliphatic hydroxyl groups is 1. The van der Waals surface area contributed by atoms with E-state index in [0.717, 1.165) is 16.5 Å². The lowest BCUT2D eigenvalue weighted by molar-refractivity contribution is -0.143. The molecule has 1 aromatic carbocycles. The molecule has 67 heavy (non-hydrogen) atoms. The number of benzene rings is 1. The SMILES string of the molecule is CC(C)C[C@H](NC(=O)[C@@H](N)Cc1c[nH]c2ccccc12)C(=O)N[C@@H](CO)C(=O)N1CCC[C@H]1C(=O)N[C@@H](CCCN=C(N)N)C(=O)N[C@@H](Cc1cnc[nH]1)C(=O)N[C@@H](Cc1cnc[nH]1)C(=O)O. The van der Waals surface area contributed by atoms with Gasteiger partial charge in [0.2, 0.25) is 35.4 Å². The minimum absolute atomic E-state index is 0.0330. The molecule has 4 aromatic rings. The number of guanidine groups is 1. The molecule has 1 saturated heterocycles. The third-order valence-electron chi connectivity index (χ3n) is 11.2. The Morgan fingerprint density at radius 3 is 2.04 bits per heavy atom. The van der Waals surface area contributed by atoms with E-state index in [4.69, 9.17) is 17.2 Å². The molecule has 7 atom stereocenters. The van der Waals surface area contributed by atoms with Gasteiger partial charge >= 0.3 is 5.97 Å². The second kappa shape index (κ2) is 24.3. The number of hydrogen-bond acceptors (Lipinski definition) is 12. The van der Waals surface area contributed by atoms with Crippen molar-refractivity contribution >= 4 is 58.3 Å². The van der Waals surface area contributed by atoms with Crippen LogP contribution >= 0.6 is 0 Å². The number of carbonyl (C=O) groups is 7. The number of imidazole rings is 2. The van der Waals surface area contributed by atoms with Crippen LogP contribution < -0.4 is 43.8 Å². The minimum Gasteiger partial charge on any atom is -0.480 e. The lowest BCUT2D eigenvalue weighted by atomic mass is 10.0. The number of carboxylic acids is 1. The van der Waals surface area contributed by atoms with Crippen molar-refractivity contribution < 1.29 is 43.8 Å². The number of likely N-dealkylation sites (tertiary alicyclic amines) is 1. The smallest absolute Gasteiger partial charge is 0.326 e. The van der Waals surface area contributed by atoms with Crippen molar-refractivity contribution in [3.8, 4) is 0 Å². The van der Waals surface area contributed by atoms with Crippen molar-refractivity contribution in [3.05, 3.63) is 72.5 Å². The summed E-state index contributed by atoms with van der Waals surface area (Å²) in [6.45, 7) is 3.02. The molecule has 3 aromatic heterocycles. The van der Waals surface area contributed by atoms with Crippen LogP contribution in [0.25, 0.3) is 10.9 Å². The molecule has 16 N–H and O–H groups in total. The number of nitrogens with two attached hydrogens (primary N) is 3. The standard InChI is InChI=1S/C43H61N15O9/c1-23(2)13-31(54-36(60)28(44)14-24-17-50-29-8-4-3-7-27(24)29)38(62)57-34(20-59)41(65)58-12-6-10-35(58)40(64)53-30(9-5-11-49-43(45)46)37(61)55-32(15-25-18-47-21-51-25)39(63)56-33(42(66)67)16-26-19-48-22-52-26/h3-4,7-8,17-19,21-23,28,30-35,50,59H,5-6,9-16,20,44H2,1-2H3,(H,47,51)(H,48,52)(H,53,64)(H,54,60)(H,55,61)(H,56,63)(H,57,62)(H,66,67)(H4,45,46,49)/t28-,30-,31-,32-,33-,34-,35-/m0/s1. The Morgan fingerprint density at radius 1 is 0.806 bits per heavy atom. The third kappa shape index (κ3) is 14.6. The molecule has 1 aliphatic heterocycles. The van der Waals surface area contributed by atoms with Gasteiger partial charge < -0.3 is 73.8 Å². The number of nitrogens with zero attached hydrogens (tertiary/aromatic N) is 4. The van der Waals surface area contributed by atoms with Crippen molar-refractivity contribution in [3.63, 3.8) is 0 Å². The van der Waals surface area contributed by atoms with E-state index < -0.39 is 90.3 Å². The van der Waals surface area contributed by atoms with Gasteiger partial charge in [0.05, 0.1) is 25.3 Å². The van der Waals surface area contributed by atoms with Crippen molar-refractivity contribution in [2.24, 2.45) is 28.1 Å². The Bertz CT molecular complexity index is 2330. The first-order chi connectivity index (χ1) is 32.0. The average molecular weight is 932 g/mol. The van der Waals surface area contributed by atoms with Crippen LogP contribution in [0.15, 0.2) is 60.5 Å². The number of aliphatic carboxylic acids is 1. The quantitative estimate of drug-likeness (QED) is 0.0187. The van der Waals surface area contributed by atoms with Gasteiger partial charge in [-0.2, -0.15) is 0 Å². The molecule has 0 unspecified atom stereocenters. The second-order valence-corrected chi connectivity index (χ2v) is 16.8. The summed E-state index contributed by atoms with van der Waals surface area (Å²) in [5, 5.41) is 34.3. The fourth-order valence-corrected chi connectivity index (χ4v) is 7.80. The summed E-state index contributed by atoms with van der Waals surface area (Å²) >= 11 is 0. The van der Waals surface area contributed by atoms with Gasteiger partial charge in [0.1, 0.15) is 36.3 Å². The van der Waals surface area contributed by atoms with Crippen LogP contribution in [0.5, 0.6) is 0 Å². The van der Waals surface area contributed by atoms with E-state index in [1.54, 1.807) is 6.20 Å². The molecular weight excluding hydrogens is 871 g/mol. The maximum Gasteiger partial charge on any atom is 0.326 e. The van der Waals surface area contributed by atoms with Crippen LogP contribution in [0, 0.1) is 5.92 Å². The molecule has 0 bridgehead atoms. The normalized spacial score (nSPS) is 16.3. The molecule has 0 aliphatic carbocycles. The van der Waals surface area contributed by atoms with E-state index >= 15 is 0 Å². The molecule has 24 nitrogen and oxygen atoms in total. The van der Waals surface area contributed by atoms with Crippen LogP contribution in [0.2, 0.25) is 0 Å². The highest BCUT2D eigenvalue weighted by Crippen LogP contribution is 2.21. The number of aromatic nitrogens is 5. The lowest BCUT2D eigenvalue weighted by Gasteiger charge is -2.30. The van der Waals surface area contributed by atoms with Crippen molar-refractivity contribution in [1.82, 2.24) is 56.4 Å². The number of H-pyrrole nitrogens is 3. The monoisotopic (exact) mass is 931 g/mol. The molecule has 0 radical (unpaired) electrons. The Kier molecular flexibility index (Phi) is 18.3. The lowest BCUT2D eigenvalue weighted by Crippen LogP contribution is -2.60. The number of fused-ring (bicyclic) bond motifs is 1. The fourth-order valence-electron chi connectivity index (χ4n) is 7.80. The predicted octanol–water partition coefficient (Wildman–Crippen LogP) is -2.44. The third-order valence-corrected chi connectivity index (χ3v) is 11.2. The van der Waals surface area contributed by atoms with E-state index in [1.165, 1.54) is 29.9 Å². The molecule has 362 valence electrons. The Morgan fingerprint density at radius 2 is 1.42 bits per heavy atom. The van der Waals surface area contributed by atoms with Crippen LogP contribution in [0.4, 0.5) is 0 Å². The zero-order valence-electron chi connectivity index (χ0n) is 37.4. The van der Waals surface area contributed by atoms with Crippen LogP contribution in [0.1, 0.15) is 62.9 Å². The maximum atomic E-state index is 14.1. The van der Waals surface area contributed by atoms with Crippen molar-refractivity contribution in [2.75, 3.05) is 19.7 Å². The molecule has 1 aliphatic rings. The van der Waals surface area contributed by atoms with E-state index in [-0.39, 0.29) is 69.9 Å². The van der Waals surface area contributed by atoms with Crippen LogP contribution in [-0.4, -0.2) is 149 Å². The number of rotatable bonds is 25. The summed E-state index contributed by atoms with van der Waals surface area (Å²) in [7, 11) is 0. The van der Waals surface area contributed by atoms with Gasteiger partial charge in [0.25, 0.3) is 0 Å². The van der Waals surface area contributed by atoms with Gasteiger partial charge in [-0.1, -0.05) is 32.0 Å². The summed E-state index contributed by atoms with van der Waals surface area (Å²) in [6, 6.07) is -1.28. The number of hydrogen-bond donors (Lipinski definition) is 13. The van der Waals surface area contributed by atoms with Gasteiger partial charge in [-0.15, -0.1) is 0 Å². The number of nitrogens with one attached hydrogen (secondary N) is 8. The molecule has 24 heteroatoms. The number of aliphatic hydroxyl groups excluding tert-OH is 1. The highest BCUT2D eigenvalue weighted by molar-refractivity contribution is 5.97. The largest absolute Gasteiger partial charge is 0.480 e. The minimum atomic E-state index is -1.50. The highest BCUT2D eigenvalue weighted by Gasteiger charge is 2.40. The molecule has 1 fully saturated rings. The number of carboxylic acid groups (broad SMARTS) is 1. The second-order valence-electron chi connectivity index (χ2n) is 16.8. The average Bonchev–Trinajstić information content (AvgIpc) is 4.15. The van der Waals surface area contributed by atoms with Gasteiger partial charge in [0, 0.05) is 66.8 Å². The summed E-state index contributed by atoms with van der Waals surface area (Å²) in [4.78, 5) is 117. The first-order valence-electron chi connectivity index (χ1n) is 22.0. The number of amides is 6. The number of aliphatic imine (C=N–C) groups is 1. The van der Waals surface area contributed by atoms with Gasteiger partial charge in [-0.25, -0.2) is 14.8 Å². The molecule has 0 saturated carbocycles. The number of aromatic amines is 3. The van der Waals surface area contributed by atoms with E-state index in [0.29, 0.717) is 17.8 Å². The molecule has 6 amide bonds. The zero-order valence-corrected chi connectivity index (χ0v) is 37.4. The van der Waals surface area contributed by atoms with E-state index in [9.17, 15) is 43.8 Å². The molecule has 4 heterocycles. The fraction of sp³-hybridized carbons (Fsp3) is 0.488. The summed E-state index contributed by atoms with van der Waals surface area (Å²) < 4.78 is 0. The number of carbonyl (C=O) groups excluding carboxylic acids is 6. The van der Waals surface area contributed by atoms with E-state index in [2.05, 4.69) is 56.5 Å². The molecule has 0 spiro atoms. The Hall–Kier alpha value is -7.34. The summed E-state index contributed by atoms with van der Waals surface area (Å²) in [6.07, 6.45) is 8.13. The predicted molar refractivity (Wildman–Crippen MR) is 243 cm³/mol. The Balaban J connectivity index is 1.26. The number of para-hydroxylation sites is 1. The first-order valence-corrected chi connectivity index (χ1v) is 22.0. The van der Waals surface area contributed by atoms with Crippen LogP contribution in [0.3, 0.4) is 0 Å². The summed E-state index contributed by atoms with van der Waals surface area (Å²) in [5.74, 6) is -6.09. The highest BCUT2D eigenvalue weighted by atomic mass is 16.4. The van der Waals surface area contributed by atoms with Gasteiger partial charge in [-0.05, 0) is 56.1 Å². The molecular formula is C43H61N15O9. The van der Waals surface area contributed by atoms with Gasteiger partial charge in [0.15, 0.2) is 5.96 Å². The maximum absolute atomic E-state index is 14.1. The van der Waals surface area contributed by atoms with Crippen molar-refractivity contribution in [2.45, 2.75) is 108 Å².